The van der Waals surface area contributed by atoms with Gasteiger partial charge < -0.3 is 24.2 Å². The van der Waals surface area contributed by atoms with Gasteiger partial charge in [-0.05, 0) is 120 Å². The van der Waals surface area contributed by atoms with Gasteiger partial charge in [-0.3, -0.25) is 57.1 Å². The number of nitrogens with one attached hydrogen (secondary N) is 4. The molecule has 5 N–H and O–H groups in total. The van der Waals surface area contributed by atoms with E-state index in [1.54, 1.807) is 184 Å². The zero-order valence-electron chi connectivity index (χ0n) is 71.2. The number of aromatic nitrogens is 16. The molecule has 1 atom stereocenters. The first-order chi connectivity index (χ1) is 63.0. The Labute approximate surface area is 757 Å². The Bertz CT molecular complexity index is 6980. The Morgan fingerprint density at radius 3 is 0.774 bits per heavy atom. The number of fused-ring (bicyclic) bond motifs is 8. The number of H-pyrrole nitrogens is 4. The number of benzene rings is 9. The smallest absolute Gasteiger partial charge is 0.272 e. The van der Waals surface area contributed by atoms with Gasteiger partial charge in [0.1, 0.15) is 33.1 Å². The minimum absolute atomic E-state index is 0. The molecule has 9 aromatic carbocycles. The molecule has 21 rings (SSSR count). The van der Waals surface area contributed by atoms with E-state index in [1.807, 2.05) is 83.6 Å². The van der Waals surface area contributed by atoms with Crippen LogP contribution in [0.3, 0.4) is 0 Å². The second kappa shape index (κ2) is 38.3. The Kier molecular flexibility index (Phi) is 26.4. The van der Waals surface area contributed by atoms with Gasteiger partial charge in [-0.15, -0.1) is 0 Å². The number of rotatable bonds is 13. The molecular formula is C98H90F4N20O10S. The van der Waals surface area contributed by atoms with E-state index >= 15 is 0 Å². The summed E-state index contributed by atoms with van der Waals surface area (Å²) in [6.45, 7) is 5.19. The monoisotopic (exact) mass is 1810 g/mol. The standard InChI is InChI=1S/4C22H18FN5O2.C8H10O2S.2CH4/c4*1-27-20-12-28(11-14(20)10-24-27)22(30)17-8-13(6-7-18(17)23)9-19-15-4-2-3-5-16(15)21(29)26-25-19;1-7-3-5-8(6-4-7)11(2,9)10;;/h4*2-8,10H,9,11-12H2,1H3,(H,26,29);3-6H,2H2,1H3,(H,9,10);2*1H4. The summed E-state index contributed by atoms with van der Waals surface area (Å²) in [6.07, 6.45) is 8.41. The summed E-state index contributed by atoms with van der Waals surface area (Å²) in [6, 6.07) is 53.6. The molecule has 0 radical (unpaired) electrons. The summed E-state index contributed by atoms with van der Waals surface area (Å²) in [5.74, 6) is -0.506. The van der Waals surface area contributed by atoms with Gasteiger partial charge in [0, 0.05) is 124 Å². The first-order valence-corrected chi connectivity index (χ1v) is 43.0. The lowest BCUT2D eigenvalue weighted by molar-refractivity contribution is 0.0736. The fourth-order valence-electron chi connectivity index (χ4n) is 16.5. The Balaban J connectivity index is 0.000000130. The van der Waals surface area contributed by atoms with Crippen molar-refractivity contribution in [2.24, 2.45) is 28.2 Å². The quantitative estimate of drug-likeness (QED) is 0.0529. The van der Waals surface area contributed by atoms with Crippen molar-refractivity contribution in [3.05, 3.63) is 401 Å². The minimum atomic E-state index is -3.02. The highest BCUT2D eigenvalue weighted by Crippen LogP contribution is 2.33. The molecule has 35 heteroatoms. The first-order valence-electron chi connectivity index (χ1n) is 41.4. The Hall–Kier alpha value is -16.0. The van der Waals surface area contributed by atoms with Crippen molar-refractivity contribution in [2.75, 3.05) is 0 Å². The lowest BCUT2D eigenvalue weighted by Gasteiger charge is -2.17. The number of nitrogens with zero attached hydrogens (tertiary/aromatic N) is 16. The van der Waals surface area contributed by atoms with Crippen molar-refractivity contribution in [3.63, 3.8) is 0 Å². The maximum absolute atomic E-state index is 14.5. The Morgan fingerprint density at radius 1 is 0.346 bits per heavy atom. The number of hydrogen-bond acceptors (Lipinski definition) is 17. The van der Waals surface area contributed by atoms with Crippen LogP contribution < -0.4 is 22.2 Å². The fourth-order valence-corrected chi connectivity index (χ4v) is 17.1. The minimum Gasteiger partial charge on any atom is -0.328 e. The molecule has 0 saturated carbocycles. The van der Waals surface area contributed by atoms with Crippen LogP contribution in [-0.4, -0.2) is 138 Å². The van der Waals surface area contributed by atoms with Gasteiger partial charge in [0.2, 0.25) is 0 Å². The second-order valence-corrected chi connectivity index (χ2v) is 34.0. The third-order valence-corrected chi connectivity index (χ3v) is 24.6. The topological polar surface area (TPSA) is 373 Å². The third kappa shape index (κ3) is 19.2. The number of amides is 4. The van der Waals surface area contributed by atoms with Crippen molar-refractivity contribution in [2.45, 2.75) is 105 Å². The molecule has 17 aromatic rings. The molecule has 0 bridgehead atoms. The largest absolute Gasteiger partial charge is 0.328 e. The van der Waals surface area contributed by atoms with Crippen LogP contribution in [0.2, 0.25) is 0 Å². The van der Waals surface area contributed by atoms with Gasteiger partial charge in [0.25, 0.3) is 45.9 Å². The van der Waals surface area contributed by atoms with Crippen molar-refractivity contribution in [1.82, 2.24) is 99.5 Å². The van der Waals surface area contributed by atoms with Gasteiger partial charge in [0.15, 0.2) is 0 Å². The molecule has 1 unspecified atom stereocenters. The van der Waals surface area contributed by atoms with E-state index in [0.717, 1.165) is 94.4 Å². The summed E-state index contributed by atoms with van der Waals surface area (Å²) < 4.78 is 85.0. The van der Waals surface area contributed by atoms with E-state index in [2.05, 4.69) is 67.1 Å². The maximum Gasteiger partial charge on any atom is 0.272 e. The lowest BCUT2D eigenvalue weighted by Crippen LogP contribution is -2.27. The lowest BCUT2D eigenvalue weighted by atomic mass is 10.0. The van der Waals surface area contributed by atoms with E-state index in [4.69, 9.17) is 4.55 Å². The highest BCUT2D eigenvalue weighted by Gasteiger charge is 2.34. The first kappa shape index (κ1) is 91.7. The number of carbonyl (C=O) groups is 4. The number of hydrogen-bond donors (Lipinski definition) is 5. The predicted molar refractivity (Wildman–Crippen MR) is 494 cm³/mol. The van der Waals surface area contributed by atoms with Gasteiger partial charge in [-0.1, -0.05) is 130 Å². The zero-order valence-corrected chi connectivity index (χ0v) is 72.0. The van der Waals surface area contributed by atoms with Crippen molar-refractivity contribution in [1.29, 1.82) is 0 Å². The predicted octanol–water partition coefficient (Wildman–Crippen LogP) is 13.0. The molecule has 4 amide bonds. The van der Waals surface area contributed by atoms with Gasteiger partial charge in [-0.2, -0.15) is 40.8 Å². The van der Waals surface area contributed by atoms with Gasteiger partial charge in [0.05, 0.1) is 145 Å². The zero-order chi connectivity index (χ0) is 91.8. The normalized spacial score (nSPS) is 13.1. The van der Waals surface area contributed by atoms with E-state index < -0.39 is 33.1 Å². The summed E-state index contributed by atoms with van der Waals surface area (Å²) in [7, 11) is 4.30. The third-order valence-electron chi connectivity index (χ3n) is 23.6. The molecule has 12 heterocycles. The summed E-state index contributed by atoms with van der Waals surface area (Å²) in [4.78, 5) is 107. The average Bonchev–Trinajstić information content (AvgIpc) is 1.60. The van der Waals surface area contributed by atoms with Crippen LogP contribution in [0.4, 0.5) is 17.6 Å². The highest BCUT2D eigenvalue weighted by molar-refractivity contribution is 7.95. The molecule has 676 valence electrons. The molecule has 0 saturated heterocycles. The van der Waals surface area contributed by atoms with Gasteiger partial charge in [-0.25, -0.2) is 42.2 Å². The number of halogens is 4. The van der Waals surface area contributed by atoms with Gasteiger partial charge >= 0.3 is 0 Å². The molecule has 133 heavy (non-hydrogen) atoms. The molecule has 30 nitrogen and oxygen atoms in total. The summed E-state index contributed by atoms with van der Waals surface area (Å²) >= 11 is 0. The van der Waals surface area contributed by atoms with E-state index in [1.165, 1.54) is 24.3 Å². The SMILES string of the molecule is C.C.C=S(=O)(O)c1ccc(C)cc1.Cn1ncc2c1CN(C(=O)c1cc(Cc3n[nH]c(=O)c4ccccc34)ccc1F)C2.Cn1ncc2c1CN(C(=O)c1cc(Cc3n[nH]c(=O)c4ccccc34)ccc1F)C2.Cn1ncc2c1CN(C(=O)c1cc(Cc3n[nH]c(=O)c4ccccc34)ccc1F)C2.Cn1ncc2c1CN(C(=O)c1cc(Cc3n[nH]c(=O)c4ccccc34)ccc1F)C2. The van der Waals surface area contributed by atoms with Crippen LogP contribution >= 0.6 is 0 Å². The average molecular weight is 1820 g/mol. The number of carbonyl (C=O) groups excluding carboxylic acids is 4. The maximum atomic E-state index is 14.5. The molecular weight excluding hydrogens is 1730 g/mol. The number of aryl methyl sites for hydroxylation is 5. The van der Waals surface area contributed by atoms with Crippen molar-refractivity contribution < 1.29 is 45.5 Å². The molecule has 0 fully saturated rings. The molecule has 0 aliphatic carbocycles. The summed E-state index contributed by atoms with van der Waals surface area (Å²) in [5.41, 5.74) is 13.5. The van der Waals surface area contributed by atoms with E-state index in [0.29, 0.717) is 127 Å². The highest BCUT2D eigenvalue weighted by atomic mass is 32.2. The van der Waals surface area contributed by atoms with Crippen LogP contribution in [0.15, 0.2) is 243 Å². The van der Waals surface area contributed by atoms with E-state index in [9.17, 15) is 60.1 Å². The van der Waals surface area contributed by atoms with Crippen LogP contribution in [0.5, 0.6) is 0 Å². The molecule has 4 aliphatic heterocycles. The van der Waals surface area contributed by atoms with Crippen molar-refractivity contribution in [3.8, 4) is 0 Å². The molecule has 4 aliphatic rings. The van der Waals surface area contributed by atoms with Crippen LogP contribution in [-0.2, 0) is 116 Å². The van der Waals surface area contributed by atoms with Crippen LogP contribution in [0, 0.1) is 30.2 Å². The second-order valence-electron chi connectivity index (χ2n) is 32.2. The molecule has 8 aromatic heterocycles. The summed E-state index contributed by atoms with van der Waals surface area (Å²) in [5, 5.41) is 48.6. The Morgan fingerprint density at radius 2 is 0.564 bits per heavy atom. The van der Waals surface area contributed by atoms with Crippen LogP contribution in [0.25, 0.3) is 43.1 Å². The van der Waals surface area contributed by atoms with E-state index in [-0.39, 0.29) is 83.0 Å². The number of aromatic amines is 4. The van der Waals surface area contributed by atoms with Crippen LogP contribution in [0.1, 0.15) is 152 Å². The van der Waals surface area contributed by atoms with Crippen molar-refractivity contribution >= 4 is 82.4 Å². The molecule has 0 spiro atoms. The fraction of sp³-hybridized carbons (Fsp3) is 0.194.